The van der Waals surface area contributed by atoms with Gasteiger partial charge in [0.05, 0.1) is 5.56 Å². The van der Waals surface area contributed by atoms with Crippen LogP contribution in [-0.4, -0.2) is 5.97 Å². The maximum Gasteiger partial charge on any atom is 0.340 e. The van der Waals surface area contributed by atoms with Crippen LogP contribution in [0.4, 0.5) is 0 Å². The molecule has 0 atom stereocenters. The normalized spacial score (nSPS) is 14.8. The maximum absolute atomic E-state index is 12.7. The molecule has 0 unspecified atom stereocenters. The smallest absolute Gasteiger partial charge is 0.340 e. The molecule has 2 nitrogen and oxygen atoms in total. The van der Waals surface area contributed by atoms with Crippen LogP contribution in [0.5, 0.6) is 0 Å². The lowest BCUT2D eigenvalue weighted by atomic mass is 9.79. The minimum absolute atomic E-state index is 0.264. The number of fused-ring (bicyclic) bond motifs is 1. The topological polar surface area (TPSA) is 26.3 Å². The summed E-state index contributed by atoms with van der Waals surface area (Å²) in [7, 11) is 0. The van der Waals surface area contributed by atoms with Crippen LogP contribution >= 0.6 is 0 Å². The van der Waals surface area contributed by atoms with E-state index in [4.69, 9.17) is 4.74 Å². The zero-order valence-electron chi connectivity index (χ0n) is 15.2. The Morgan fingerprint density at radius 3 is 1.73 bits per heavy atom. The molecule has 1 heterocycles. The summed E-state index contributed by atoms with van der Waals surface area (Å²) in [4.78, 5) is 12.7. The lowest BCUT2D eigenvalue weighted by Crippen LogP contribution is -2.29. The summed E-state index contributed by atoms with van der Waals surface area (Å²) in [5.41, 5.74) is 5.18. The number of cyclic esters (lactones) is 1. The maximum atomic E-state index is 12.7. The fraction of sp³-hybridized carbons (Fsp3) is 0.208. The molecule has 2 heteroatoms. The zero-order valence-corrected chi connectivity index (χ0v) is 15.2. The van der Waals surface area contributed by atoms with Crippen molar-refractivity contribution in [3.8, 4) is 0 Å². The Morgan fingerprint density at radius 2 is 1.23 bits per heavy atom. The van der Waals surface area contributed by atoms with Gasteiger partial charge >= 0.3 is 5.97 Å². The molecule has 3 aromatic rings. The third-order valence-electron chi connectivity index (χ3n) is 5.31. The molecule has 0 saturated heterocycles. The fourth-order valence-corrected chi connectivity index (χ4v) is 3.76. The van der Waals surface area contributed by atoms with Gasteiger partial charge in [0.1, 0.15) is 0 Å². The molecule has 0 N–H and O–H groups in total. The van der Waals surface area contributed by atoms with E-state index in [1.165, 1.54) is 11.1 Å². The molecular weight excluding hydrogens is 320 g/mol. The molecular formula is C24H22O2. The Kier molecular flexibility index (Phi) is 4.12. The van der Waals surface area contributed by atoms with E-state index >= 15 is 0 Å². The second-order valence-corrected chi connectivity index (χ2v) is 6.72. The van der Waals surface area contributed by atoms with Crippen molar-refractivity contribution < 1.29 is 9.53 Å². The van der Waals surface area contributed by atoms with Crippen molar-refractivity contribution >= 4 is 5.97 Å². The van der Waals surface area contributed by atoms with E-state index in [0.717, 1.165) is 29.5 Å². The lowest BCUT2D eigenvalue weighted by Gasteiger charge is -2.30. The third-order valence-corrected chi connectivity index (χ3v) is 5.31. The van der Waals surface area contributed by atoms with Crippen molar-refractivity contribution in [1.29, 1.82) is 0 Å². The largest absolute Gasteiger partial charge is 0.441 e. The monoisotopic (exact) mass is 342 g/mol. The molecule has 0 radical (unpaired) electrons. The predicted molar refractivity (Wildman–Crippen MR) is 103 cm³/mol. The summed E-state index contributed by atoms with van der Waals surface area (Å²) in [6.07, 6.45) is 1.96. The second-order valence-electron chi connectivity index (χ2n) is 6.72. The van der Waals surface area contributed by atoms with E-state index in [9.17, 15) is 4.79 Å². The highest BCUT2D eigenvalue weighted by molar-refractivity contribution is 5.96. The lowest BCUT2D eigenvalue weighted by molar-refractivity contribution is 0.0251. The van der Waals surface area contributed by atoms with E-state index in [0.29, 0.717) is 5.56 Å². The molecule has 0 amide bonds. The Bertz CT molecular complexity index is 889. The number of benzene rings is 3. The zero-order chi connectivity index (χ0) is 18.1. The predicted octanol–water partition coefficient (Wildman–Crippen LogP) is 5.27. The number of ether oxygens (including phenoxy) is 1. The van der Waals surface area contributed by atoms with Crippen molar-refractivity contribution in [1.82, 2.24) is 0 Å². The van der Waals surface area contributed by atoms with Gasteiger partial charge in [-0.25, -0.2) is 4.79 Å². The van der Waals surface area contributed by atoms with Crippen LogP contribution in [0.15, 0.2) is 72.8 Å². The quantitative estimate of drug-likeness (QED) is 0.604. The molecule has 1 aliphatic heterocycles. The third kappa shape index (κ3) is 2.45. The first-order valence-electron chi connectivity index (χ1n) is 9.20. The summed E-state index contributed by atoms with van der Waals surface area (Å²) < 4.78 is 6.10. The van der Waals surface area contributed by atoms with Crippen LogP contribution < -0.4 is 0 Å². The highest BCUT2D eigenvalue weighted by Crippen LogP contribution is 2.46. The van der Waals surface area contributed by atoms with Gasteiger partial charge in [0, 0.05) is 16.7 Å². The number of carbonyl (C=O) groups excluding carboxylic acids is 1. The molecule has 3 aromatic carbocycles. The van der Waals surface area contributed by atoms with Gasteiger partial charge in [-0.05, 0) is 30.0 Å². The molecule has 130 valence electrons. The molecule has 0 bridgehead atoms. The van der Waals surface area contributed by atoms with Crippen LogP contribution in [-0.2, 0) is 23.2 Å². The standard InChI is InChI=1S/C24H22O2/c1-3-17-9-13-19(14-10-17)24(20-15-11-18(4-2)12-16-20)22-8-6-5-7-21(22)23(25)26-24/h5-16H,3-4H2,1-2H3. The summed E-state index contributed by atoms with van der Waals surface area (Å²) in [6.45, 7) is 4.28. The van der Waals surface area contributed by atoms with E-state index < -0.39 is 5.60 Å². The number of hydrogen-bond donors (Lipinski definition) is 0. The van der Waals surface area contributed by atoms with Crippen molar-refractivity contribution in [2.75, 3.05) is 0 Å². The van der Waals surface area contributed by atoms with Gasteiger partial charge in [0.25, 0.3) is 0 Å². The van der Waals surface area contributed by atoms with Crippen LogP contribution in [0.3, 0.4) is 0 Å². The Labute approximate surface area is 154 Å². The van der Waals surface area contributed by atoms with Crippen LogP contribution in [0.2, 0.25) is 0 Å². The molecule has 0 fully saturated rings. The van der Waals surface area contributed by atoms with Crippen molar-refractivity contribution in [3.05, 3.63) is 106 Å². The molecule has 1 aliphatic rings. The summed E-state index contributed by atoms with van der Waals surface area (Å²) in [5, 5.41) is 0. The number of rotatable bonds is 4. The highest BCUT2D eigenvalue weighted by Gasteiger charge is 2.48. The number of aryl methyl sites for hydroxylation is 2. The van der Waals surface area contributed by atoms with Crippen molar-refractivity contribution in [2.45, 2.75) is 32.3 Å². The first-order chi connectivity index (χ1) is 12.7. The molecule has 0 aromatic heterocycles. The highest BCUT2D eigenvalue weighted by atomic mass is 16.6. The average Bonchev–Trinajstić information content (AvgIpc) is 3.02. The van der Waals surface area contributed by atoms with Crippen LogP contribution in [0, 0.1) is 0 Å². The Hall–Kier alpha value is -2.87. The molecule has 0 spiro atoms. The molecule has 0 aliphatic carbocycles. The van der Waals surface area contributed by atoms with Gasteiger partial charge in [-0.1, -0.05) is 80.6 Å². The van der Waals surface area contributed by atoms with E-state index in [2.05, 4.69) is 62.4 Å². The van der Waals surface area contributed by atoms with E-state index in [-0.39, 0.29) is 5.97 Å². The SMILES string of the molecule is CCc1ccc(C2(c3ccc(CC)cc3)OC(=O)c3ccccc32)cc1. The molecule has 4 rings (SSSR count). The molecule has 0 saturated carbocycles. The minimum Gasteiger partial charge on any atom is -0.441 e. The van der Waals surface area contributed by atoms with Gasteiger partial charge in [0.2, 0.25) is 0 Å². The van der Waals surface area contributed by atoms with Crippen LogP contribution in [0.25, 0.3) is 0 Å². The average molecular weight is 342 g/mol. The minimum atomic E-state index is -0.883. The van der Waals surface area contributed by atoms with Crippen molar-refractivity contribution in [2.24, 2.45) is 0 Å². The summed E-state index contributed by atoms with van der Waals surface area (Å²) in [6, 6.07) is 24.5. The number of esters is 1. The Morgan fingerprint density at radius 1 is 0.731 bits per heavy atom. The van der Waals surface area contributed by atoms with Gasteiger partial charge in [-0.2, -0.15) is 0 Å². The number of hydrogen-bond acceptors (Lipinski definition) is 2. The first kappa shape index (κ1) is 16.6. The van der Waals surface area contributed by atoms with E-state index in [1.807, 2.05) is 24.3 Å². The van der Waals surface area contributed by atoms with Crippen LogP contribution in [0.1, 0.15) is 52.0 Å². The second kappa shape index (κ2) is 6.45. The van der Waals surface area contributed by atoms with Gasteiger partial charge in [-0.3, -0.25) is 0 Å². The van der Waals surface area contributed by atoms with Gasteiger partial charge < -0.3 is 4.74 Å². The summed E-state index contributed by atoms with van der Waals surface area (Å²) >= 11 is 0. The first-order valence-corrected chi connectivity index (χ1v) is 9.20. The number of carbonyl (C=O) groups is 1. The van der Waals surface area contributed by atoms with Gasteiger partial charge in [0.15, 0.2) is 5.60 Å². The Balaban J connectivity index is 1.96. The molecule has 26 heavy (non-hydrogen) atoms. The van der Waals surface area contributed by atoms with Crippen molar-refractivity contribution in [3.63, 3.8) is 0 Å². The fourth-order valence-electron chi connectivity index (χ4n) is 3.76. The van der Waals surface area contributed by atoms with E-state index in [1.54, 1.807) is 0 Å². The van der Waals surface area contributed by atoms with Gasteiger partial charge in [-0.15, -0.1) is 0 Å². The summed E-state index contributed by atoms with van der Waals surface area (Å²) in [5.74, 6) is -0.264.